The van der Waals surface area contributed by atoms with Crippen LogP contribution < -0.4 is 5.73 Å². The molecule has 0 spiro atoms. The van der Waals surface area contributed by atoms with Crippen LogP contribution in [0.5, 0.6) is 0 Å². The summed E-state index contributed by atoms with van der Waals surface area (Å²) in [4.78, 5) is 11.9. The summed E-state index contributed by atoms with van der Waals surface area (Å²) >= 11 is 0. The summed E-state index contributed by atoms with van der Waals surface area (Å²) in [6.07, 6.45) is 1.49. The Morgan fingerprint density at radius 2 is 1.93 bits per heavy atom. The number of hydrogen-bond acceptors (Lipinski definition) is 4. The van der Waals surface area contributed by atoms with Crippen molar-refractivity contribution in [1.82, 2.24) is 0 Å². The minimum atomic E-state index is -1.43. The van der Waals surface area contributed by atoms with Crippen molar-refractivity contribution < 1.29 is 28.7 Å². The van der Waals surface area contributed by atoms with Crippen LogP contribution in [0.1, 0.15) is 35.4 Å². The Morgan fingerprint density at radius 1 is 1.18 bits per heavy atom. The Kier molecular flexibility index (Phi) is 6.12. The summed E-state index contributed by atoms with van der Waals surface area (Å²) in [6, 6.07) is 6.78. The number of carboxylic acids is 1. The quantitative estimate of drug-likeness (QED) is 0.546. The van der Waals surface area contributed by atoms with E-state index in [9.17, 15) is 18.7 Å². The van der Waals surface area contributed by atoms with Crippen LogP contribution in [0.15, 0.2) is 30.3 Å². The van der Waals surface area contributed by atoms with Gasteiger partial charge in [0.05, 0.1) is 5.92 Å². The number of fused-ring (bicyclic) bond motifs is 1. The predicted molar refractivity (Wildman–Crippen MR) is 101 cm³/mol. The highest BCUT2D eigenvalue weighted by Crippen LogP contribution is 2.43. The first-order valence-electron chi connectivity index (χ1n) is 9.22. The summed E-state index contributed by atoms with van der Waals surface area (Å²) in [5, 5.41) is 27.7. The van der Waals surface area contributed by atoms with Crippen LogP contribution in [-0.4, -0.2) is 28.2 Å². The third-order valence-electron chi connectivity index (χ3n) is 5.40. The molecule has 28 heavy (non-hydrogen) atoms. The summed E-state index contributed by atoms with van der Waals surface area (Å²) in [5.74, 6) is -3.16. The molecule has 0 saturated carbocycles. The number of benzene rings is 2. The van der Waals surface area contributed by atoms with Crippen LogP contribution in [0.2, 0.25) is 6.32 Å². The number of hydrogen-bond donors (Lipinski definition) is 4. The zero-order valence-electron chi connectivity index (χ0n) is 15.2. The monoisotopic (exact) mass is 389 g/mol. The molecule has 0 radical (unpaired) electrons. The molecule has 0 bridgehead atoms. The van der Waals surface area contributed by atoms with Gasteiger partial charge in [0.1, 0.15) is 11.6 Å². The molecule has 2 atom stereocenters. The molecule has 1 aliphatic rings. The van der Waals surface area contributed by atoms with Gasteiger partial charge in [-0.15, -0.1) is 0 Å². The Morgan fingerprint density at radius 3 is 2.57 bits per heavy atom. The first kappa shape index (κ1) is 20.4. The molecule has 0 fully saturated rings. The number of nitrogens with two attached hydrogens (primary N) is 1. The molecular formula is C20H22BF2NO4. The van der Waals surface area contributed by atoms with Crippen molar-refractivity contribution >= 4 is 13.1 Å². The first-order chi connectivity index (χ1) is 13.3. The first-order valence-corrected chi connectivity index (χ1v) is 9.22. The predicted octanol–water partition coefficient (Wildman–Crippen LogP) is 2.68. The maximum atomic E-state index is 14.8. The third-order valence-corrected chi connectivity index (χ3v) is 5.40. The van der Waals surface area contributed by atoms with E-state index in [-0.39, 0.29) is 24.3 Å². The van der Waals surface area contributed by atoms with Gasteiger partial charge in [-0.1, -0.05) is 12.5 Å². The number of carboxylic acid groups (broad SMARTS) is 1. The molecule has 0 aromatic heterocycles. The van der Waals surface area contributed by atoms with Crippen molar-refractivity contribution in [2.45, 2.75) is 38.0 Å². The Labute approximate surface area is 162 Å². The Hall–Kier alpha value is -2.29. The lowest BCUT2D eigenvalue weighted by Crippen LogP contribution is -2.18. The van der Waals surface area contributed by atoms with Gasteiger partial charge in [-0.05, 0) is 71.6 Å². The molecule has 1 aliphatic carbocycles. The molecule has 3 rings (SSSR count). The standard InChI is InChI=1S/C20H22BF2NO4/c22-14-4-3-12(10-24)15(8-14)17-9-16-13(7-18(17)23)6-11(19(16)20(25)26)2-1-5-21(27)28/h3-4,7-9,11,19,27-28H,1-2,5-6,10,24H2,(H,25,26)/t11-,19-/m0/s1. The third kappa shape index (κ3) is 4.09. The van der Waals surface area contributed by atoms with Crippen molar-refractivity contribution in [1.29, 1.82) is 0 Å². The van der Waals surface area contributed by atoms with Crippen LogP contribution in [0.25, 0.3) is 11.1 Å². The van der Waals surface area contributed by atoms with Crippen LogP contribution in [0, 0.1) is 17.6 Å². The van der Waals surface area contributed by atoms with E-state index in [2.05, 4.69) is 0 Å². The largest absolute Gasteiger partial charge is 0.481 e. The van der Waals surface area contributed by atoms with Crippen molar-refractivity contribution in [2.24, 2.45) is 11.7 Å². The van der Waals surface area contributed by atoms with Crippen LogP contribution in [0.4, 0.5) is 8.78 Å². The highest BCUT2D eigenvalue weighted by Gasteiger charge is 2.38. The molecule has 5 N–H and O–H groups in total. The van der Waals surface area contributed by atoms with E-state index in [1.165, 1.54) is 30.3 Å². The van der Waals surface area contributed by atoms with Gasteiger partial charge in [0.15, 0.2) is 0 Å². The Bertz CT molecular complexity index is 891. The van der Waals surface area contributed by atoms with E-state index in [0.29, 0.717) is 41.5 Å². The number of rotatable bonds is 7. The normalized spacial score (nSPS) is 18.2. The van der Waals surface area contributed by atoms with Gasteiger partial charge >= 0.3 is 13.1 Å². The zero-order valence-corrected chi connectivity index (χ0v) is 15.2. The maximum absolute atomic E-state index is 14.8. The van der Waals surface area contributed by atoms with Crippen molar-refractivity contribution in [3.05, 3.63) is 58.7 Å². The zero-order chi connectivity index (χ0) is 20.4. The SMILES string of the molecule is NCc1ccc(F)cc1-c1cc2c(cc1F)C[C@H](CCCB(O)O)[C@@H]2C(=O)O. The summed E-state index contributed by atoms with van der Waals surface area (Å²) in [5.41, 5.74) is 7.86. The van der Waals surface area contributed by atoms with E-state index < -0.39 is 30.6 Å². The number of aliphatic carboxylic acids is 1. The molecule has 0 aliphatic heterocycles. The molecule has 0 amide bonds. The van der Waals surface area contributed by atoms with Crippen molar-refractivity contribution in [2.75, 3.05) is 0 Å². The average Bonchev–Trinajstić information content (AvgIpc) is 2.97. The molecular weight excluding hydrogens is 367 g/mol. The van der Waals surface area contributed by atoms with Gasteiger partial charge in [0, 0.05) is 12.1 Å². The lowest BCUT2D eigenvalue weighted by Gasteiger charge is -2.17. The lowest BCUT2D eigenvalue weighted by atomic mass is 9.80. The average molecular weight is 389 g/mol. The number of halogens is 2. The van der Waals surface area contributed by atoms with Gasteiger partial charge in [0.2, 0.25) is 0 Å². The smallest absolute Gasteiger partial charge is 0.451 e. The number of carbonyl (C=O) groups is 1. The minimum Gasteiger partial charge on any atom is -0.481 e. The fraction of sp³-hybridized carbons (Fsp3) is 0.350. The van der Waals surface area contributed by atoms with Gasteiger partial charge in [0.25, 0.3) is 0 Å². The van der Waals surface area contributed by atoms with Crippen molar-refractivity contribution in [3.63, 3.8) is 0 Å². The minimum absolute atomic E-state index is 0.0978. The van der Waals surface area contributed by atoms with E-state index in [0.717, 1.165) is 0 Å². The second-order valence-corrected chi connectivity index (χ2v) is 7.23. The molecule has 0 unspecified atom stereocenters. The van der Waals surface area contributed by atoms with Gasteiger partial charge in [-0.25, -0.2) is 8.78 Å². The highest BCUT2D eigenvalue weighted by atomic mass is 19.1. The molecule has 2 aromatic carbocycles. The Balaban J connectivity index is 2.00. The molecule has 8 heteroatoms. The van der Waals surface area contributed by atoms with Gasteiger partial charge in [-0.2, -0.15) is 0 Å². The summed E-state index contributed by atoms with van der Waals surface area (Å²) in [6.45, 7) is 0.0978. The highest BCUT2D eigenvalue weighted by molar-refractivity contribution is 6.40. The van der Waals surface area contributed by atoms with Crippen LogP contribution >= 0.6 is 0 Å². The lowest BCUT2D eigenvalue weighted by molar-refractivity contribution is -0.139. The molecule has 0 heterocycles. The van der Waals surface area contributed by atoms with Crippen molar-refractivity contribution in [3.8, 4) is 11.1 Å². The van der Waals surface area contributed by atoms with Crippen LogP contribution in [-0.2, 0) is 17.8 Å². The topological polar surface area (TPSA) is 104 Å². The molecule has 148 valence electrons. The van der Waals surface area contributed by atoms with E-state index in [1.807, 2.05) is 0 Å². The second-order valence-electron chi connectivity index (χ2n) is 7.23. The maximum Gasteiger partial charge on any atom is 0.451 e. The van der Waals surface area contributed by atoms with Gasteiger partial charge < -0.3 is 20.9 Å². The fourth-order valence-corrected chi connectivity index (χ4v) is 4.10. The summed E-state index contributed by atoms with van der Waals surface area (Å²) < 4.78 is 28.6. The molecule has 5 nitrogen and oxygen atoms in total. The van der Waals surface area contributed by atoms with Gasteiger partial charge in [-0.3, -0.25) is 4.79 Å². The fourth-order valence-electron chi connectivity index (χ4n) is 4.10. The van der Waals surface area contributed by atoms with E-state index in [4.69, 9.17) is 15.8 Å². The second kappa shape index (κ2) is 8.38. The van der Waals surface area contributed by atoms with E-state index in [1.54, 1.807) is 0 Å². The molecule has 0 saturated heterocycles. The summed E-state index contributed by atoms with van der Waals surface area (Å²) in [7, 11) is -1.43. The molecule has 2 aromatic rings. The van der Waals surface area contributed by atoms with Crippen LogP contribution in [0.3, 0.4) is 0 Å². The van der Waals surface area contributed by atoms with E-state index >= 15 is 0 Å².